The van der Waals surface area contributed by atoms with E-state index in [9.17, 15) is 10.1 Å². The fraction of sp³-hybridized carbons (Fsp3) is 0.294. The van der Waals surface area contributed by atoms with E-state index in [1.807, 2.05) is 44.4 Å². The molecule has 0 saturated heterocycles. The van der Waals surface area contributed by atoms with Gasteiger partial charge in [-0.25, -0.2) is 4.98 Å². The molecule has 1 aromatic carbocycles. The number of ketones is 1. The number of rotatable bonds is 6. The van der Waals surface area contributed by atoms with E-state index in [-0.39, 0.29) is 11.5 Å². The van der Waals surface area contributed by atoms with Crippen LogP contribution in [0.2, 0.25) is 0 Å². The third-order valence-corrected chi connectivity index (χ3v) is 5.54. The lowest BCUT2D eigenvalue weighted by Gasteiger charge is -2.07. The highest BCUT2D eigenvalue weighted by Gasteiger charge is 2.24. The Morgan fingerprint density at radius 2 is 2.04 bits per heavy atom. The fourth-order valence-electron chi connectivity index (χ4n) is 2.49. The summed E-state index contributed by atoms with van der Waals surface area (Å²) in [6.45, 7) is 5.85. The van der Waals surface area contributed by atoms with Crippen LogP contribution in [0.5, 0.6) is 0 Å². The van der Waals surface area contributed by atoms with Gasteiger partial charge >= 0.3 is 0 Å². The van der Waals surface area contributed by atoms with Crippen LogP contribution in [0.15, 0.2) is 28.7 Å². The number of nitriles is 1. The van der Waals surface area contributed by atoms with Crippen LogP contribution in [-0.4, -0.2) is 36.7 Å². The third-order valence-electron chi connectivity index (χ3n) is 3.57. The van der Waals surface area contributed by atoms with E-state index in [1.165, 1.54) is 23.1 Å². The second-order valence-corrected chi connectivity index (χ2v) is 7.70. The summed E-state index contributed by atoms with van der Waals surface area (Å²) in [4.78, 5) is 16.7. The van der Waals surface area contributed by atoms with Crippen LogP contribution in [0.1, 0.15) is 27.7 Å². The molecule has 0 unspecified atom stereocenters. The van der Waals surface area contributed by atoms with Crippen LogP contribution in [0, 0.1) is 32.1 Å². The Hall–Kier alpha value is -2.57. The summed E-state index contributed by atoms with van der Waals surface area (Å²) in [7, 11) is 0. The van der Waals surface area contributed by atoms with Gasteiger partial charge in [-0.15, -0.1) is 16.4 Å². The van der Waals surface area contributed by atoms with Crippen molar-refractivity contribution in [1.29, 1.82) is 5.26 Å². The molecular weight excluding hydrogens is 368 g/mol. The number of hydrogen-bond donors (Lipinski definition) is 0. The first-order chi connectivity index (χ1) is 12.5. The molecule has 132 valence electrons. The normalized spacial score (nSPS) is 11.9. The van der Waals surface area contributed by atoms with Crippen molar-refractivity contribution in [2.45, 2.75) is 31.8 Å². The first-order valence-corrected chi connectivity index (χ1v) is 9.68. The monoisotopic (exact) mass is 384 g/mol. The first-order valence-electron chi connectivity index (χ1n) is 7.82. The van der Waals surface area contributed by atoms with Crippen molar-refractivity contribution in [1.82, 2.24) is 25.2 Å². The number of tetrazole rings is 1. The number of carbonyl (C=O) groups is 1. The Labute approximate surface area is 159 Å². The second-order valence-electron chi connectivity index (χ2n) is 5.86. The minimum atomic E-state index is -0.855. The number of thioether (sulfide) groups is 1. The number of hydrogen-bond acceptors (Lipinski definition) is 8. The summed E-state index contributed by atoms with van der Waals surface area (Å²) < 4.78 is 1.60. The number of nitrogens with zero attached hydrogens (tertiary/aromatic N) is 6. The predicted molar refractivity (Wildman–Crippen MR) is 99.6 cm³/mol. The summed E-state index contributed by atoms with van der Waals surface area (Å²) in [5, 5.41) is 24.0. The molecule has 0 radical (unpaired) electrons. The highest BCUT2D eigenvalue weighted by molar-refractivity contribution is 7.99. The van der Waals surface area contributed by atoms with Crippen LogP contribution in [0.3, 0.4) is 0 Å². The van der Waals surface area contributed by atoms with Gasteiger partial charge in [-0.05, 0) is 54.5 Å². The highest BCUT2D eigenvalue weighted by Crippen LogP contribution is 2.25. The molecule has 0 spiro atoms. The van der Waals surface area contributed by atoms with E-state index in [0.29, 0.717) is 10.2 Å². The predicted octanol–water partition coefficient (Wildman–Crippen LogP) is 3.01. The Balaban J connectivity index is 1.75. The van der Waals surface area contributed by atoms with Gasteiger partial charge in [-0.3, -0.25) is 4.79 Å². The average Bonchev–Trinajstić information content (AvgIpc) is 3.22. The first kappa shape index (κ1) is 18.2. The largest absolute Gasteiger partial charge is 0.297 e. The summed E-state index contributed by atoms with van der Waals surface area (Å²) in [5.41, 5.74) is 3.86. The van der Waals surface area contributed by atoms with Gasteiger partial charge in [0.25, 0.3) is 0 Å². The van der Waals surface area contributed by atoms with Gasteiger partial charge in [0.2, 0.25) is 5.16 Å². The zero-order valence-corrected chi connectivity index (χ0v) is 16.1. The maximum absolute atomic E-state index is 12.5. The molecule has 1 atom stereocenters. The van der Waals surface area contributed by atoms with E-state index in [4.69, 9.17) is 0 Å². The zero-order chi connectivity index (χ0) is 18.7. The van der Waals surface area contributed by atoms with Gasteiger partial charge in [-0.1, -0.05) is 17.8 Å². The SMILES string of the molecule is Cc1cc(C)cc(-n2nnnc2SCC(=O)[C@H](C#N)c2nc(C)cs2)c1. The Morgan fingerprint density at radius 3 is 2.65 bits per heavy atom. The lowest BCUT2D eigenvalue weighted by molar-refractivity contribution is -0.116. The maximum Gasteiger partial charge on any atom is 0.214 e. The van der Waals surface area contributed by atoms with Crippen LogP contribution in [-0.2, 0) is 4.79 Å². The molecular formula is C17H16N6OS2. The van der Waals surface area contributed by atoms with E-state index in [0.717, 1.165) is 22.5 Å². The molecule has 0 fully saturated rings. The van der Waals surface area contributed by atoms with Crippen molar-refractivity contribution in [2.75, 3.05) is 5.75 Å². The molecule has 3 rings (SSSR count). The van der Waals surface area contributed by atoms with Gasteiger partial charge in [-0.2, -0.15) is 9.94 Å². The molecule has 2 heterocycles. The number of benzene rings is 1. The van der Waals surface area contributed by atoms with Crippen molar-refractivity contribution >= 4 is 28.9 Å². The minimum Gasteiger partial charge on any atom is -0.297 e. The summed E-state index contributed by atoms with van der Waals surface area (Å²) in [5.74, 6) is -0.962. The van der Waals surface area contributed by atoms with Crippen LogP contribution in [0.4, 0.5) is 0 Å². The van der Waals surface area contributed by atoms with E-state index in [2.05, 4.69) is 26.6 Å². The van der Waals surface area contributed by atoms with Gasteiger partial charge in [0, 0.05) is 11.1 Å². The summed E-state index contributed by atoms with van der Waals surface area (Å²) in [6, 6.07) is 8.07. The molecule has 2 aromatic heterocycles. The lowest BCUT2D eigenvalue weighted by Crippen LogP contribution is -2.13. The van der Waals surface area contributed by atoms with Crippen molar-refractivity contribution in [3.8, 4) is 11.8 Å². The number of thiazole rings is 1. The van der Waals surface area contributed by atoms with Crippen molar-refractivity contribution in [2.24, 2.45) is 0 Å². The quantitative estimate of drug-likeness (QED) is 0.603. The molecule has 0 saturated carbocycles. The Morgan fingerprint density at radius 1 is 1.31 bits per heavy atom. The maximum atomic E-state index is 12.5. The van der Waals surface area contributed by atoms with Crippen LogP contribution >= 0.6 is 23.1 Å². The molecule has 0 amide bonds. The summed E-state index contributed by atoms with van der Waals surface area (Å²) in [6.07, 6.45) is 0. The molecule has 0 aliphatic rings. The smallest absolute Gasteiger partial charge is 0.214 e. The van der Waals surface area contributed by atoms with Crippen molar-refractivity contribution < 1.29 is 4.79 Å². The standard InChI is InChI=1S/C17H16N6OS2/c1-10-4-11(2)6-13(5-10)23-17(20-21-22-23)26-9-15(24)14(7-18)16-19-12(3)8-25-16/h4-6,8,14H,9H2,1-3H3/t14-/m0/s1. The summed E-state index contributed by atoms with van der Waals surface area (Å²) >= 11 is 2.54. The highest BCUT2D eigenvalue weighted by atomic mass is 32.2. The molecule has 0 bridgehead atoms. The molecule has 3 aromatic rings. The molecule has 9 heteroatoms. The molecule has 0 N–H and O–H groups in total. The zero-order valence-electron chi connectivity index (χ0n) is 14.5. The molecule has 26 heavy (non-hydrogen) atoms. The number of aromatic nitrogens is 5. The number of Topliss-reactive ketones (excluding diaryl/α,β-unsaturated/α-hetero) is 1. The van der Waals surface area contributed by atoms with Crippen molar-refractivity contribution in [3.05, 3.63) is 45.4 Å². The molecule has 0 aliphatic carbocycles. The lowest BCUT2D eigenvalue weighted by atomic mass is 10.1. The van der Waals surface area contributed by atoms with Gasteiger partial charge < -0.3 is 0 Å². The molecule has 0 aliphatic heterocycles. The Kier molecular flexibility index (Phi) is 5.44. The average molecular weight is 384 g/mol. The van der Waals surface area contributed by atoms with Gasteiger partial charge in [0.15, 0.2) is 11.7 Å². The van der Waals surface area contributed by atoms with Gasteiger partial charge in [0.05, 0.1) is 17.5 Å². The fourth-order valence-corrected chi connectivity index (χ4v) is 4.15. The van der Waals surface area contributed by atoms with E-state index in [1.54, 1.807) is 4.68 Å². The van der Waals surface area contributed by atoms with E-state index < -0.39 is 5.92 Å². The number of carbonyl (C=O) groups excluding carboxylic acids is 1. The van der Waals surface area contributed by atoms with E-state index >= 15 is 0 Å². The second kappa shape index (κ2) is 7.76. The topological polar surface area (TPSA) is 97.4 Å². The van der Waals surface area contributed by atoms with Crippen molar-refractivity contribution in [3.63, 3.8) is 0 Å². The van der Waals surface area contributed by atoms with Crippen LogP contribution in [0.25, 0.3) is 5.69 Å². The van der Waals surface area contributed by atoms with Crippen LogP contribution < -0.4 is 0 Å². The third kappa shape index (κ3) is 3.98. The van der Waals surface area contributed by atoms with Gasteiger partial charge in [0.1, 0.15) is 5.01 Å². The molecule has 7 nitrogen and oxygen atoms in total. The Bertz CT molecular complexity index is 967. The minimum absolute atomic E-state index is 0.0992. The number of aryl methyl sites for hydroxylation is 3.